The third-order valence-electron chi connectivity index (χ3n) is 4.79. The van der Waals surface area contributed by atoms with Crippen LogP contribution in [-0.4, -0.2) is 33.5 Å². The van der Waals surface area contributed by atoms with Crippen LogP contribution in [0.1, 0.15) is 47.6 Å². The van der Waals surface area contributed by atoms with E-state index < -0.39 is 0 Å². The predicted octanol–water partition coefficient (Wildman–Crippen LogP) is 2.27. The van der Waals surface area contributed by atoms with Crippen molar-refractivity contribution in [3.63, 3.8) is 0 Å². The molecule has 0 bridgehead atoms. The Morgan fingerprint density at radius 3 is 2.80 bits per heavy atom. The fraction of sp³-hybridized carbons (Fsp3) is 0.421. The summed E-state index contributed by atoms with van der Waals surface area (Å²) in [7, 11) is 0. The minimum absolute atomic E-state index is 0.00353. The number of fused-ring (bicyclic) bond motifs is 1. The van der Waals surface area contributed by atoms with Crippen LogP contribution in [0.15, 0.2) is 30.3 Å². The van der Waals surface area contributed by atoms with Gasteiger partial charge in [0.1, 0.15) is 0 Å². The Morgan fingerprint density at radius 2 is 2.08 bits per heavy atom. The van der Waals surface area contributed by atoms with Gasteiger partial charge in [-0.2, -0.15) is 5.10 Å². The fourth-order valence-electron chi connectivity index (χ4n) is 3.02. The van der Waals surface area contributed by atoms with Gasteiger partial charge in [0.05, 0.1) is 0 Å². The molecule has 0 fully saturated rings. The third-order valence-corrected chi connectivity index (χ3v) is 4.79. The number of carbonyl (C=O) groups is 2. The number of nitrogens with zero attached hydrogens (tertiary/aromatic N) is 2. The monoisotopic (exact) mass is 340 g/mol. The van der Waals surface area contributed by atoms with Crippen LogP contribution < -0.4 is 5.32 Å². The largest absolute Gasteiger partial charge is 0.347 e. The van der Waals surface area contributed by atoms with Crippen molar-refractivity contribution in [2.24, 2.45) is 5.92 Å². The zero-order valence-corrected chi connectivity index (χ0v) is 14.7. The number of hydrogen-bond donors (Lipinski definition) is 2. The number of rotatable bonds is 5. The fourth-order valence-corrected chi connectivity index (χ4v) is 3.02. The molecule has 0 radical (unpaired) electrons. The van der Waals surface area contributed by atoms with E-state index in [0.717, 1.165) is 23.2 Å². The zero-order chi connectivity index (χ0) is 17.8. The summed E-state index contributed by atoms with van der Waals surface area (Å²) >= 11 is 0. The maximum atomic E-state index is 12.5. The van der Waals surface area contributed by atoms with E-state index in [4.69, 9.17) is 0 Å². The quantitative estimate of drug-likeness (QED) is 0.876. The molecule has 6 heteroatoms. The summed E-state index contributed by atoms with van der Waals surface area (Å²) < 4.78 is 0. The molecule has 2 amide bonds. The molecule has 1 unspecified atom stereocenters. The molecule has 132 valence electrons. The molecule has 3 rings (SSSR count). The number of benzene rings is 1. The van der Waals surface area contributed by atoms with Crippen LogP contribution in [-0.2, 0) is 24.3 Å². The molecule has 6 nitrogen and oxygen atoms in total. The first-order valence-electron chi connectivity index (χ1n) is 8.77. The topological polar surface area (TPSA) is 78.1 Å². The molecule has 1 aliphatic rings. The summed E-state index contributed by atoms with van der Waals surface area (Å²) in [6, 6.07) is 9.75. The van der Waals surface area contributed by atoms with Gasteiger partial charge in [-0.25, -0.2) is 0 Å². The van der Waals surface area contributed by atoms with E-state index in [1.54, 1.807) is 0 Å². The van der Waals surface area contributed by atoms with Crippen molar-refractivity contribution in [2.45, 2.75) is 39.8 Å². The maximum Gasteiger partial charge on any atom is 0.272 e. The summed E-state index contributed by atoms with van der Waals surface area (Å²) in [4.78, 5) is 26.8. The molecule has 25 heavy (non-hydrogen) atoms. The molecule has 1 atom stereocenters. The van der Waals surface area contributed by atoms with Crippen molar-refractivity contribution in [3.8, 4) is 0 Å². The van der Waals surface area contributed by atoms with E-state index >= 15 is 0 Å². The lowest BCUT2D eigenvalue weighted by atomic mass is 10.0. The maximum absolute atomic E-state index is 12.5. The van der Waals surface area contributed by atoms with Gasteiger partial charge < -0.3 is 10.2 Å². The van der Waals surface area contributed by atoms with Crippen molar-refractivity contribution in [2.75, 3.05) is 6.54 Å². The molecule has 2 heterocycles. The molecule has 0 saturated heterocycles. The number of nitrogens with one attached hydrogen (secondary N) is 2. The van der Waals surface area contributed by atoms with Gasteiger partial charge in [-0.3, -0.25) is 14.7 Å². The van der Waals surface area contributed by atoms with Gasteiger partial charge in [0.15, 0.2) is 5.69 Å². The Morgan fingerprint density at radius 1 is 1.32 bits per heavy atom. The number of hydrogen-bond acceptors (Lipinski definition) is 3. The summed E-state index contributed by atoms with van der Waals surface area (Å²) in [6.45, 7) is 5.53. The molecule has 1 aromatic heterocycles. The van der Waals surface area contributed by atoms with Crippen LogP contribution in [0.5, 0.6) is 0 Å². The van der Waals surface area contributed by atoms with Crippen molar-refractivity contribution in [1.29, 1.82) is 0 Å². The Bertz CT molecular complexity index is 754. The van der Waals surface area contributed by atoms with E-state index in [9.17, 15) is 9.59 Å². The van der Waals surface area contributed by atoms with Crippen LogP contribution in [0.2, 0.25) is 0 Å². The van der Waals surface area contributed by atoms with Gasteiger partial charge in [-0.1, -0.05) is 44.2 Å². The van der Waals surface area contributed by atoms with Gasteiger partial charge in [-0.15, -0.1) is 0 Å². The highest BCUT2D eigenvalue weighted by atomic mass is 16.2. The first-order valence-corrected chi connectivity index (χ1v) is 8.77. The van der Waals surface area contributed by atoms with Gasteiger partial charge in [-0.05, 0) is 12.0 Å². The van der Waals surface area contributed by atoms with Gasteiger partial charge in [0, 0.05) is 43.2 Å². The van der Waals surface area contributed by atoms with Crippen LogP contribution in [0.25, 0.3) is 0 Å². The Kier molecular flexibility index (Phi) is 5.16. The summed E-state index contributed by atoms with van der Waals surface area (Å²) in [5, 5.41) is 10.1. The molecular formula is C19H24N4O2. The highest BCUT2D eigenvalue weighted by Gasteiger charge is 2.29. The lowest BCUT2D eigenvalue weighted by Gasteiger charge is -2.29. The lowest BCUT2D eigenvalue weighted by Crippen LogP contribution is -2.39. The number of aromatic nitrogens is 2. The SMILES string of the molecule is CCC(C)C(=O)N1CCc2[nH]nc(C(=O)NCc3ccccc3)c2C1. The van der Waals surface area contributed by atoms with Crippen LogP contribution in [0.4, 0.5) is 0 Å². The van der Waals surface area contributed by atoms with Crippen molar-refractivity contribution in [1.82, 2.24) is 20.4 Å². The summed E-state index contributed by atoms with van der Waals surface area (Å²) in [5.41, 5.74) is 3.23. The van der Waals surface area contributed by atoms with Gasteiger partial charge >= 0.3 is 0 Å². The minimum Gasteiger partial charge on any atom is -0.347 e. The molecule has 2 N–H and O–H groups in total. The Labute approximate surface area is 147 Å². The number of aromatic amines is 1. The highest BCUT2D eigenvalue weighted by Crippen LogP contribution is 2.22. The second-order valence-corrected chi connectivity index (χ2v) is 6.52. The van der Waals surface area contributed by atoms with Crippen LogP contribution in [0, 0.1) is 5.92 Å². The zero-order valence-electron chi connectivity index (χ0n) is 14.7. The van der Waals surface area contributed by atoms with E-state index in [1.807, 2.05) is 49.1 Å². The van der Waals surface area contributed by atoms with Crippen LogP contribution >= 0.6 is 0 Å². The lowest BCUT2D eigenvalue weighted by molar-refractivity contribution is -0.136. The Hall–Kier alpha value is -2.63. The molecule has 0 spiro atoms. The average Bonchev–Trinajstić information content (AvgIpc) is 3.09. The van der Waals surface area contributed by atoms with E-state index in [-0.39, 0.29) is 17.7 Å². The van der Waals surface area contributed by atoms with Crippen molar-refractivity contribution >= 4 is 11.8 Å². The summed E-state index contributed by atoms with van der Waals surface area (Å²) in [5.74, 6) is -0.0620. The predicted molar refractivity (Wildman–Crippen MR) is 94.8 cm³/mol. The molecule has 2 aromatic rings. The first kappa shape index (κ1) is 17.2. The van der Waals surface area contributed by atoms with Crippen molar-refractivity contribution in [3.05, 3.63) is 52.8 Å². The van der Waals surface area contributed by atoms with Gasteiger partial charge in [0.2, 0.25) is 5.91 Å². The number of amides is 2. The Balaban J connectivity index is 1.70. The number of H-pyrrole nitrogens is 1. The molecular weight excluding hydrogens is 316 g/mol. The minimum atomic E-state index is -0.209. The normalized spacial score (nSPS) is 14.7. The standard InChI is InChI=1S/C19H24N4O2/c1-3-13(2)19(25)23-10-9-16-15(12-23)17(22-21-16)18(24)20-11-14-7-5-4-6-8-14/h4-8,13H,3,9-12H2,1-2H3,(H,20,24)(H,21,22). The van der Waals surface area contributed by atoms with E-state index in [2.05, 4.69) is 15.5 Å². The highest BCUT2D eigenvalue weighted by molar-refractivity contribution is 5.94. The van der Waals surface area contributed by atoms with E-state index in [0.29, 0.717) is 31.7 Å². The van der Waals surface area contributed by atoms with Gasteiger partial charge in [0.25, 0.3) is 5.91 Å². The third kappa shape index (κ3) is 3.73. The van der Waals surface area contributed by atoms with Crippen LogP contribution in [0.3, 0.4) is 0 Å². The molecule has 0 saturated carbocycles. The first-order chi connectivity index (χ1) is 12.1. The van der Waals surface area contributed by atoms with Crippen molar-refractivity contribution < 1.29 is 9.59 Å². The second kappa shape index (κ2) is 7.51. The molecule has 0 aliphatic carbocycles. The number of carbonyl (C=O) groups excluding carboxylic acids is 2. The molecule has 1 aromatic carbocycles. The molecule has 1 aliphatic heterocycles. The summed E-state index contributed by atoms with van der Waals surface area (Å²) in [6.07, 6.45) is 1.52. The second-order valence-electron chi connectivity index (χ2n) is 6.52. The van der Waals surface area contributed by atoms with E-state index in [1.165, 1.54) is 0 Å². The average molecular weight is 340 g/mol. The smallest absolute Gasteiger partial charge is 0.272 e.